The van der Waals surface area contributed by atoms with Crippen LogP contribution in [-0.4, -0.2) is 19.0 Å². The summed E-state index contributed by atoms with van der Waals surface area (Å²) in [5, 5.41) is 0. The third kappa shape index (κ3) is 5.43. The maximum Gasteiger partial charge on any atom is 0.413 e. The van der Waals surface area contributed by atoms with Crippen LogP contribution in [0.15, 0.2) is 29.2 Å². The normalized spacial score (nSPS) is 13.7. The van der Waals surface area contributed by atoms with Crippen LogP contribution < -0.4 is 5.48 Å². The predicted octanol–water partition coefficient (Wildman–Crippen LogP) is 3.55. The number of nitrogens with one attached hydrogen (secondary N) is 1. The minimum atomic E-state index is -4.31. The van der Waals surface area contributed by atoms with Crippen LogP contribution >= 0.6 is 11.8 Å². The molecule has 0 bridgehead atoms. The number of hydroxylamine groups is 1. The molecule has 0 amide bonds. The Kier molecular flexibility index (Phi) is 5.30. The van der Waals surface area contributed by atoms with Crippen LogP contribution in [0.5, 0.6) is 0 Å². The maximum atomic E-state index is 11.8. The molecule has 0 aliphatic heterocycles. The van der Waals surface area contributed by atoms with Gasteiger partial charge in [-0.3, -0.25) is 4.84 Å². The molecule has 1 aromatic carbocycles. The summed E-state index contributed by atoms with van der Waals surface area (Å²) in [4.78, 5) is 5.50. The van der Waals surface area contributed by atoms with E-state index in [1.165, 1.54) is 0 Å². The Labute approximate surface area is 102 Å². The summed E-state index contributed by atoms with van der Waals surface area (Å²) in [7, 11) is 0. The van der Waals surface area contributed by atoms with Gasteiger partial charge in [0.05, 0.1) is 6.04 Å². The highest BCUT2D eigenvalue weighted by atomic mass is 32.2. The summed E-state index contributed by atoms with van der Waals surface area (Å²) in [5.41, 5.74) is 3.25. The van der Waals surface area contributed by atoms with E-state index in [1.807, 2.05) is 30.5 Å². The maximum absolute atomic E-state index is 11.8. The second kappa shape index (κ2) is 6.28. The van der Waals surface area contributed by atoms with Crippen LogP contribution in [0, 0.1) is 0 Å². The molecule has 1 aromatic rings. The Morgan fingerprint density at radius 1 is 1.29 bits per heavy atom. The first-order valence-electron chi connectivity index (χ1n) is 5.00. The first kappa shape index (κ1) is 14.3. The predicted molar refractivity (Wildman–Crippen MR) is 61.8 cm³/mol. The molecule has 0 fully saturated rings. The second-order valence-corrected chi connectivity index (χ2v) is 4.40. The molecule has 0 saturated heterocycles. The molecule has 0 radical (unpaired) electrons. The van der Waals surface area contributed by atoms with Gasteiger partial charge in [0.25, 0.3) is 0 Å². The molecule has 0 saturated carbocycles. The highest BCUT2D eigenvalue weighted by Gasteiger charge is 2.28. The van der Waals surface area contributed by atoms with Gasteiger partial charge in [0.2, 0.25) is 0 Å². The average Bonchev–Trinajstić information content (AvgIpc) is 2.27. The summed E-state index contributed by atoms with van der Waals surface area (Å²) in [6.45, 7) is 0.449. The summed E-state index contributed by atoms with van der Waals surface area (Å²) in [6, 6.07) is 7.28. The van der Waals surface area contributed by atoms with Crippen LogP contribution in [-0.2, 0) is 4.84 Å². The van der Waals surface area contributed by atoms with Crippen molar-refractivity contribution in [2.75, 3.05) is 12.9 Å². The van der Waals surface area contributed by atoms with Crippen molar-refractivity contribution < 1.29 is 18.0 Å². The number of hydrogen-bond donors (Lipinski definition) is 1. The van der Waals surface area contributed by atoms with Gasteiger partial charge in [0.1, 0.15) is 0 Å². The highest BCUT2D eigenvalue weighted by molar-refractivity contribution is 7.98. The molecule has 0 heterocycles. The SMILES string of the molecule is CSc1ccc(C(C)NOCC(F)(F)F)cc1. The first-order chi connectivity index (χ1) is 7.92. The number of hydrogen-bond acceptors (Lipinski definition) is 3. The Balaban J connectivity index is 2.43. The highest BCUT2D eigenvalue weighted by Crippen LogP contribution is 2.19. The smallest absolute Gasteiger partial charge is 0.292 e. The van der Waals surface area contributed by atoms with Crippen molar-refractivity contribution in [1.29, 1.82) is 0 Å². The van der Waals surface area contributed by atoms with Crippen LogP contribution in [0.3, 0.4) is 0 Å². The second-order valence-electron chi connectivity index (χ2n) is 3.52. The molecule has 0 aromatic heterocycles. The van der Waals surface area contributed by atoms with Crippen molar-refractivity contribution in [3.05, 3.63) is 29.8 Å². The molecular formula is C11H14F3NOS. The summed E-state index contributed by atoms with van der Waals surface area (Å²) in [5.74, 6) is 0. The van der Waals surface area contributed by atoms with E-state index in [9.17, 15) is 13.2 Å². The van der Waals surface area contributed by atoms with Crippen LogP contribution in [0.1, 0.15) is 18.5 Å². The Hall–Kier alpha value is -0.720. The molecule has 17 heavy (non-hydrogen) atoms. The fourth-order valence-corrected chi connectivity index (χ4v) is 1.62. The van der Waals surface area contributed by atoms with Crippen molar-refractivity contribution in [3.8, 4) is 0 Å². The van der Waals surface area contributed by atoms with E-state index < -0.39 is 12.8 Å². The van der Waals surface area contributed by atoms with E-state index >= 15 is 0 Å². The molecule has 0 spiro atoms. The number of halogens is 3. The number of thioether (sulfide) groups is 1. The lowest BCUT2D eigenvalue weighted by Crippen LogP contribution is -2.26. The van der Waals surface area contributed by atoms with E-state index in [0.29, 0.717) is 0 Å². The van der Waals surface area contributed by atoms with Crippen molar-refractivity contribution in [3.63, 3.8) is 0 Å². The van der Waals surface area contributed by atoms with Gasteiger partial charge in [0.15, 0.2) is 6.61 Å². The van der Waals surface area contributed by atoms with E-state index in [0.717, 1.165) is 10.5 Å². The van der Waals surface area contributed by atoms with Crippen LogP contribution in [0.4, 0.5) is 13.2 Å². The third-order valence-corrected chi connectivity index (χ3v) is 2.86. The van der Waals surface area contributed by atoms with Crippen LogP contribution in [0.25, 0.3) is 0 Å². The Morgan fingerprint density at radius 2 is 1.88 bits per heavy atom. The van der Waals surface area contributed by atoms with Crippen molar-refractivity contribution >= 4 is 11.8 Å². The molecule has 1 rings (SSSR count). The van der Waals surface area contributed by atoms with Gasteiger partial charge < -0.3 is 0 Å². The van der Waals surface area contributed by atoms with Crippen molar-refractivity contribution in [1.82, 2.24) is 5.48 Å². The summed E-state index contributed by atoms with van der Waals surface area (Å²) >= 11 is 1.61. The van der Waals surface area contributed by atoms with Crippen molar-refractivity contribution in [2.45, 2.75) is 24.0 Å². The molecule has 1 unspecified atom stereocenters. The summed E-state index contributed by atoms with van der Waals surface area (Å²) in [6.07, 6.45) is -2.35. The molecule has 2 nitrogen and oxygen atoms in total. The number of benzene rings is 1. The summed E-state index contributed by atoms with van der Waals surface area (Å²) < 4.78 is 35.5. The molecule has 0 aliphatic carbocycles. The third-order valence-electron chi connectivity index (χ3n) is 2.11. The molecule has 0 aliphatic rings. The standard InChI is InChI=1S/C11H14F3NOS/c1-8(15-16-7-11(12,13)14)9-3-5-10(17-2)6-4-9/h3-6,8,15H,7H2,1-2H3. The molecule has 96 valence electrons. The van der Waals surface area contributed by atoms with Gasteiger partial charge >= 0.3 is 6.18 Å². The van der Waals surface area contributed by atoms with Crippen LogP contribution in [0.2, 0.25) is 0 Å². The number of rotatable bonds is 5. The minimum absolute atomic E-state index is 0.284. The fraction of sp³-hybridized carbons (Fsp3) is 0.455. The van der Waals surface area contributed by atoms with Gasteiger partial charge in [-0.1, -0.05) is 12.1 Å². The lowest BCUT2D eigenvalue weighted by Gasteiger charge is -2.15. The van der Waals surface area contributed by atoms with E-state index in [-0.39, 0.29) is 6.04 Å². The lowest BCUT2D eigenvalue weighted by molar-refractivity contribution is -0.192. The zero-order chi connectivity index (χ0) is 12.9. The van der Waals surface area contributed by atoms with Gasteiger partial charge in [-0.05, 0) is 30.9 Å². The van der Waals surface area contributed by atoms with E-state index in [1.54, 1.807) is 18.7 Å². The fourth-order valence-electron chi connectivity index (χ4n) is 1.21. The van der Waals surface area contributed by atoms with Gasteiger partial charge in [0, 0.05) is 4.90 Å². The Morgan fingerprint density at radius 3 is 2.35 bits per heavy atom. The molecule has 1 atom stereocenters. The van der Waals surface area contributed by atoms with Gasteiger partial charge in [-0.2, -0.15) is 18.7 Å². The minimum Gasteiger partial charge on any atom is -0.292 e. The van der Waals surface area contributed by atoms with Gasteiger partial charge in [-0.15, -0.1) is 11.8 Å². The lowest BCUT2D eigenvalue weighted by atomic mass is 10.1. The van der Waals surface area contributed by atoms with Gasteiger partial charge in [-0.25, -0.2) is 0 Å². The zero-order valence-electron chi connectivity index (χ0n) is 9.54. The number of alkyl halides is 3. The Bertz CT molecular complexity index is 340. The molecule has 1 N–H and O–H groups in total. The van der Waals surface area contributed by atoms with E-state index in [4.69, 9.17) is 0 Å². The largest absolute Gasteiger partial charge is 0.413 e. The quantitative estimate of drug-likeness (QED) is 0.650. The van der Waals surface area contributed by atoms with E-state index in [2.05, 4.69) is 10.3 Å². The molecule has 6 heteroatoms. The zero-order valence-corrected chi connectivity index (χ0v) is 10.4. The molecular weight excluding hydrogens is 251 g/mol. The average molecular weight is 265 g/mol. The monoisotopic (exact) mass is 265 g/mol. The first-order valence-corrected chi connectivity index (χ1v) is 6.23. The van der Waals surface area contributed by atoms with Crippen molar-refractivity contribution in [2.24, 2.45) is 0 Å². The topological polar surface area (TPSA) is 21.3 Å².